The number of benzene rings is 2. The molecule has 0 saturated heterocycles. The van der Waals surface area contributed by atoms with Crippen LogP contribution in [0.2, 0.25) is 5.02 Å². The molecular weight excluding hydrogens is 421 g/mol. The third-order valence-electron chi connectivity index (χ3n) is 3.94. The first-order valence-electron chi connectivity index (χ1n) is 8.47. The van der Waals surface area contributed by atoms with E-state index in [1.165, 1.54) is 54.6 Å². The number of carbonyl (C=O) groups excluding carboxylic acids is 1. The maximum Gasteiger partial charge on any atom is 0.243 e. The molecule has 0 aliphatic rings. The van der Waals surface area contributed by atoms with Gasteiger partial charge in [0, 0.05) is 17.6 Å². The Hall–Kier alpha value is -2.75. The number of hydrogen-bond acceptors (Lipinski definition) is 5. The zero-order chi connectivity index (χ0) is 21.0. The molecule has 0 bridgehead atoms. The van der Waals surface area contributed by atoms with Crippen LogP contribution in [0.3, 0.4) is 0 Å². The van der Waals surface area contributed by atoms with Crippen molar-refractivity contribution in [3.05, 3.63) is 76.8 Å². The molecule has 0 aliphatic carbocycles. The molecule has 0 saturated carbocycles. The highest BCUT2D eigenvalue weighted by Gasteiger charge is 2.27. The Morgan fingerprint density at radius 3 is 2.41 bits per heavy atom. The topological polar surface area (TPSA) is 92.5 Å². The lowest BCUT2D eigenvalue weighted by molar-refractivity contribution is -0.116. The minimum absolute atomic E-state index is 0.0194. The molecular formula is C19H17ClFN3O4S. The first-order valence-corrected chi connectivity index (χ1v) is 10.3. The number of aromatic nitrogens is 1. The predicted octanol–water partition coefficient (Wildman–Crippen LogP) is 3.61. The van der Waals surface area contributed by atoms with Gasteiger partial charge in [0.25, 0.3) is 0 Å². The summed E-state index contributed by atoms with van der Waals surface area (Å²) in [5, 5.41) is 6.53. The Bertz CT molecular complexity index is 1100. The van der Waals surface area contributed by atoms with Gasteiger partial charge in [-0.1, -0.05) is 28.9 Å². The molecule has 1 heterocycles. The van der Waals surface area contributed by atoms with Crippen molar-refractivity contribution in [1.29, 1.82) is 0 Å². The van der Waals surface area contributed by atoms with Crippen molar-refractivity contribution in [2.45, 2.75) is 18.4 Å². The summed E-state index contributed by atoms with van der Waals surface area (Å²) in [7, 11) is -4.03. The van der Waals surface area contributed by atoms with E-state index in [-0.39, 0.29) is 17.3 Å². The lowest BCUT2D eigenvalue weighted by atomic mass is 10.2. The summed E-state index contributed by atoms with van der Waals surface area (Å²) in [4.78, 5) is 12.4. The van der Waals surface area contributed by atoms with Crippen molar-refractivity contribution in [3.8, 4) is 0 Å². The van der Waals surface area contributed by atoms with Crippen molar-refractivity contribution in [2.75, 3.05) is 11.9 Å². The number of carbonyl (C=O) groups is 1. The van der Waals surface area contributed by atoms with E-state index in [2.05, 4.69) is 10.5 Å². The lowest BCUT2D eigenvalue weighted by Crippen LogP contribution is -2.37. The van der Waals surface area contributed by atoms with E-state index >= 15 is 0 Å². The summed E-state index contributed by atoms with van der Waals surface area (Å²) >= 11 is 5.84. The van der Waals surface area contributed by atoms with Gasteiger partial charge in [0.2, 0.25) is 15.9 Å². The molecule has 1 aromatic heterocycles. The second-order valence-corrected chi connectivity index (χ2v) is 8.60. The average Bonchev–Trinajstić information content (AvgIpc) is 3.08. The average molecular weight is 438 g/mol. The van der Waals surface area contributed by atoms with Crippen LogP contribution in [0, 0.1) is 12.7 Å². The highest BCUT2D eigenvalue weighted by Crippen LogP contribution is 2.21. The smallest absolute Gasteiger partial charge is 0.243 e. The molecule has 7 nitrogen and oxygen atoms in total. The molecule has 10 heteroatoms. The molecule has 0 aliphatic heterocycles. The van der Waals surface area contributed by atoms with E-state index in [0.29, 0.717) is 16.3 Å². The highest BCUT2D eigenvalue weighted by atomic mass is 35.5. The SMILES string of the molecule is Cc1cc(NC(=O)CN(Cc2ccc(F)cc2)S(=O)(=O)c2ccc(Cl)cc2)no1. The predicted molar refractivity (Wildman–Crippen MR) is 105 cm³/mol. The van der Waals surface area contributed by atoms with Gasteiger partial charge < -0.3 is 9.84 Å². The fourth-order valence-electron chi connectivity index (χ4n) is 2.54. The van der Waals surface area contributed by atoms with Crippen molar-refractivity contribution < 1.29 is 22.1 Å². The number of nitrogens with zero attached hydrogens (tertiary/aromatic N) is 2. The Morgan fingerprint density at radius 2 is 1.83 bits per heavy atom. The monoisotopic (exact) mass is 437 g/mol. The summed E-state index contributed by atoms with van der Waals surface area (Å²) in [5.41, 5.74) is 0.522. The molecule has 29 heavy (non-hydrogen) atoms. The van der Waals surface area contributed by atoms with E-state index in [0.717, 1.165) is 4.31 Å². The molecule has 3 aromatic rings. The summed E-state index contributed by atoms with van der Waals surface area (Å²) < 4.78 is 45.3. The van der Waals surface area contributed by atoms with E-state index in [4.69, 9.17) is 16.1 Å². The Morgan fingerprint density at radius 1 is 1.17 bits per heavy atom. The van der Waals surface area contributed by atoms with Gasteiger partial charge in [-0.05, 0) is 48.9 Å². The van der Waals surface area contributed by atoms with Gasteiger partial charge >= 0.3 is 0 Å². The van der Waals surface area contributed by atoms with Crippen LogP contribution in [0.5, 0.6) is 0 Å². The van der Waals surface area contributed by atoms with E-state index in [9.17, 15) is 17.6 Å². The third kappa shape index (κ3) is 5.41. The van der Waals surface area contributed by atoms with E-state index < -0.39 is 28.3 Å². The quantitative estimate of drug-likeness (QED) is 0.609. The number of hydrogen-bond donors (Lipinski definition) is 1. The zero-order valence-corrected chi connectivity index (χ0v) is 16.9. The Labute approximate surface area is 172 Å². The number of nitrogens with one attached hydrogen (secondary N) is 1. The zero-order valence-electron chi connectivity index (χ0n) is 15.3. The summed E-state index contributed by atoms with van der Waals surface area (Å²) in [5.74, 6) is -0.367. The van der Waals surface area contributed by atoms with Crippen LogP contribution in [0.25, 0.3) is 0 Å². The standard InChI is InChI=1S/C19H17ClFN3O4S/c1-13-10-18(23-28-13)22-19(25)12-24(11-14-2-6-16(21)7-3-14)29(26,27)17-8-4-15(20)5-9-17/h2-10H,11-12H2,1H3,(H,22,23,25). The highest BCUT2D eigenvalue weighted by molar-refractivity contribution is 7.89. The maximum atomic E-state index is 13.2. The molecule has 1 amide bonds. The lowest BCUT2D eigenvalue weighted by Gasteiger charge is -2.22. The molecule has 0 radical (unpaired) electrons. The van der Waals surface area contributed by atoms with Gasteiger partial charge in [0.05, 0.1) is 11.4 Å². The molecule has 2 aromatic carbocycles. The van der Waals surface area contributed by atoms with Gasteiger partial charge in [-0.25, -0.2) is 12.8 Å². The molecule has 1 N–H and O–H groups in total. The van der Waals surface area contributed by atoms with Crippen LogP contribution in [-0.4, -0.2) is 30.3 Å². The largest absolute Gasteiger partial charge is 0.360 e. The molecule has 0 unspecified atom stereocenters. The van der Waals surface area contributed by atoms with Gasteiger partial charge in [-0.15, -0.1) is 0 Å². The van der Waals surface area contributed by atoms with Crippen molar-refractivity contribution in [1.82, 2.24) is 9.46 Å². The minimum Gasteiger partial charge on any atom is -0.360 e. The van der Waals surface area contributed by atoms with E-state index in [1.807, 2.05) is 0 Å². The van der Waals surface area contributed by atoms with Gasteiger partial charge in [-0.2, -0.15) is 4.31 Å². The minimum atomic E-state index is -4.03. The number of halogens is 2. The second kappa shape index (κ2) is 8.73. The number of sulfonamides is 1. The van der Waals surface area contributed by atoms with Crippen LogP contribution >= 0.6 is 11.6 Å². The van der Waals surface area contributed by atoms with Gasteiger partial charge in [0.15, 0.2) is 5.82 Å². The second-order valence-electron chi connectivity index (χ2n) is 6.22. The number of rotatable bonds is 7. The van der Waals surface area contributed by atoms with Crippen LogP contribution in [0.4, 0.5) is 10.2 Å². The van der Waals surface area contributed by atoms with Crippen LogP contribution < -0.4 is 5.32 Å². The molecule has 0 spiro atoms. The summed E-state index contributed by atoms with van der Waals surface area (Å²) in [6.07, 6.45) is 0. The molecule has 3 rings (SSSR count). The van der Waals surface area contributed by atoms with Crippen LogP contribution in [0.15, 0.2) is 64.0 Å². The Balaban J connectivity index is 1.86. The first-order chi connectivity index (χ1) is 13.7. The number of aryl methyl sites for hydroxylation is 1. The fraction of sp³-hybridized carbons (Fsp3) is 0.158. The number of anilines is 1. The van der Waals surface area contributed by atoms with Crippen molar-refractivity contribution in [3.63, 3.8) is 0 Å². The maximum absolute atomic E-state index is 13.2. The summed E-state index contributed by atoms with van der Waals surface area (Å²) in [6.45, 7) is 1.05. The molecule has 0 atom stereocenters. The van der Waals surface area contributed by atoms with Gasteiger partial charge in [-0.3, -0.25) is 4.79 Å². The van der Waals surface area contributed by atoms with Crippen LogP contribution in [0.1, 0.15) is 11.3 Å². The van der Waals surface area contributed by atoms with Crippen LogP contribution in [-0.2, 0) is 21.4 Å². The first kappa shape index (κ1) is 21.0. The number of amides is 1. The van der Waals surface area contributed by atoms with Gasteiger partial charge in [0.1, 0.15) is 11.6 Å². The normalized spacial score (nSPS) is 11.6. The third-order valence-corrected chi connectivity index (χ3v) is 6.00. The molecule has 152 valence electrons. The van der Waals surface area contributed by atoms with Crippen molar-refractivity contribution in [2.24, 2.45) is 0 Å². The Kier molecular flexibility index (Phi) is 6.31. The van der Waals surface area contributed by atoms with E-state index in [1.54, 1.807) is 6.92 Å². The van der Waals surface area contributed by atoms with Crippen molar-refractivity contribution >= 4 is 33.3 Å². The molecule has 0 fully saturated rings. The fourth-order valence-corrected chi connectivity index (χ4v) is 4.05. The summed E-state index contributed by atoms with van der Waals surface area (Å²) in [6, 6.07) is 12.5.